The lowest BCUT2D eigenvalue weighted by Crippen LogP contribution is -2.59. The molecule has 0 spiro atoms. The van der Waals surface area contributed by atoms with Crippen LogP contribution >= 0.6 is 23.2 Å². The third kappa shape index (κ3) is 5.58. The maximum atomic E-state index is 13.9. The van der Waals surface area contributed by atoms with Crippen molar-refractivity contribution in [3.8, 4) is 0 Å². The maximum absolute atomic E-state index is 13.9. The molecule has 0 aliphatic carbocycles. The molecule has 9 heteroatoms. The van der Waals surface area contributed by atoms with E-state index >= 15 is 0 Å². The van der Waals surface area contributed by atoms with Crippen LogP contribution in [-0.2, 0) is 0 Å². The molecule has 2 aromatic rings. The van der Waals surface area contributed by atoms with E-state index < -0.39 is 29.1 Å². The van der Waals surface area contributed by atoms with Gasteiger partial charge in [-0.25, -0.2) is 23.6 Å². The fourth-order valence-electron chi connectivity index (χ4n) is 2.72. The third-order valence-corrected chi connectivity index (χ3v) is 4.32. The van der Waals surface area contributed by atoms with Crippen LogP contribution in [0.5, 0.6) is 0 Å². The fourth-order valence-corrected chi connectivity index (χ4v) is 3.25. The van der Waals surface area contributed by atoms with Crippen molar-refractivity contribution in [2.75, 3.05) is 11.9 Å². The first-order chi connectivity index (χ1) is 13.4. The number of nitrogens with one attached hydrogen (secondary N) is 1. The average molecular weight is 444 g/mol. The van der Waals surface area contributed by atoms with E-state index in [1.54, 1.807) is 27.7 Å². The second kappa shape index (κ2) is 8.97. The molecule has 0 fully saturated rings. The molecule has 1 N–H and O–H groups in total. The molecule has 0 heterocycles. The molecule has 156 valence electrons. The number of hydrazine groups is 1. The molecular formula is C20H21Cl2F2N3O2. The fraction of sp³-hybridized carbons (Fsp3) is 0.300. The largest absolute Gasteiger partial charge is 0.340 e. The molecule has 0 aliphatic heterocycles. The van der Waals surface area contributed by atoms with Crippen molar-refractivity contribution in [2.45, 2.75) is 33.2 Å². The smallest absolute Gasteiger partial charge is 0.304 e. The minimum Gasteiger partial charge on any atom is -0.304 e. The highest BCUT2D eigenvalue weighted by Gasteiger charge is 2.35. The van der Waals surface area contributed by atoms with Gasteiger partial charge in [0.1, 0.15) is 11.6 Å². The Labute approximate surface area is 178 Å². The summed E-state index contributed by atoms with van der Waals surface area (Å²) in [5.41, 5.74) is -0.985. The monoisotopic (exact) mass is 443 g/mol. The van der Waals surface area contributed by atoms with E-state index in [0.717, 1.165) is 23.2 Å². The van der Waals surface area contributed by atoms with Gasteiger partial charge in [-0.2, -0.15) is 0 Å². The Hall–Kier alpha value is -2.38. The van der Waals surface area contributed by atoms with Gasteiger partial charge in [0.25, 0.3) is 5.91 Å². The van der Waals surface area contributed by atoms with Crippen LogP contribution < -0.4 is 5.32 Å². The minimum absolute atomic E-state index is 0.0834. The number of carbonyl (C=O) groups is 2. The first kappa shape index (κ1) is 22.9. The van der Waals surface area contributed by atoms with Gasteiger partial charge in [-0.05, 0) is 58.0 Å². The molecule has 0 radical (unpaired) electrons. The van der Waals surface area contributed by atoms with Crippen LogP contribution in [0.4, 0.5) is 19.3 Å². The third-order valence-electron chi connectivity index (χ3n) is 3.88. The molecule has 0 saturated heterocycles. The number of hydrogen-bond acceptors (Lipinski definition) is 2. The van der Waals surface area contributed by atoms with Crippen molar-refractivity contribution in [3.05, 3.63) is 63.6 Å². The summed E-state index contributed by atoms with van der Waals surface area (Å²) < 4.78 is 27.4. The predicted molar refractivity (Wildman–Crippen MR) is 110 cm³/mol. The number of anilines is 1. The van der Waals surface area contributed by atoms with E-state index in [1.165, 1.54) is 23.2 Å². The second-order valence-corrected chi connectivity index (χ2v) is 8.09. The summed E-state index contributed by atoms with van der Waals surface area (Å²) in [6, 6.07) is 6.27. The molecule has 2 aromatic carbocycles. The lowest BCUT2D eigenvalue weighted by atomic mass is 10.1. The highest BCUT2D eigenvalue weighted by atomic mass is 35.5. The second-order valence-electron chi connectivity index (χ2n) is 7.22. The van der Waals surface area contributed by atoms with Crippen LogP contribution in [0.25, 0.3) is 0 Å². The molecule has 0 aliphatic rings. The quantitative estimate of drug-likeness (QED) is 0.592. The number of benzene rings is 2. The summed E-state index contributed by atoms with van der Waals surface area (Å²) in [6.45, 7) is 6.93. The Bertz CT molecular complexity index is 912. The van der Waals surface area contributed by atoms with Crippen LogP contribution in [0.3, 0.4) is 0 Å². The van der Waals surface area contributed by atoms with Crippen molar-refractivity contribution >= 4 is 40.8 Å². The Kier molecular flexibility index (Phi) is 7.08. The molecule has 0 atom stereocenters. The zero-order valence-corrected chi connectivity index (χ0v) is 17.9. The zero-order chi connectivity index (χ0) is 21.9. The molecule has 5 nitrogen and oxygen atoms in total. The van der Waals surface area contributed by atoms with Crippen molar-refractivity contribution in [3.63, 3.8) is 0 Å². The van der Waals surface area contributed by atoms with E-state index in [9.17, 15) is 18.4 Å². The van der Waals surface area contributed by atoms with E-state index in [1.807, 2.05) is 0 Å². The average Bonchev–Trinajstić information content (AvgIpc) is 2.60. The number of carbonyl (C=O) groups excluding carboxylic acids is 2. The Morgan fingerprint density at radius 3 is 2.14 bits per heavy atom. The van der Waals surface area contributed by atoms with E-state index in [-0.39, 0.29) is 27.8 Å². The number of amides is 3. The van der Waals surface area contributed by atoms with E-state index in [2.05, 4.69) is 5.32 Å². The number of halogens is 4. The van der Waals surface area contributed by atoms with Crippen LogP contribution in [0.2, 0.25) is 10.0 Å². The predicted octanol–water partition coefficient (Wildman–Crippen LogP) is 5.98. The van der Waals surface area contributed by atoms with Gasteiger partial charge in [0.15, 0.2) is 0 Å². The normalized spacial score (nSPS) is 11.2. The van der Waals surface area contributed by atoms with Gasteiger partial charge in [0.2, 0.25) is 0 Å². The van der Waals surface area contributed by atoms with Crippen LogP contribution in [0, 0.1) is 11.6 Å². The molecule has 0 bridgehead atoms. The van der Waals surface area contributed by atoms with Crippen LogP contribution in [0.15, 0.2) is 36.4 Å². The first-order valence-electron chi connectivity index (χ1n) is 8.78. The van der Waals surface area contributed by atoms with Crippen molar-refractivity contribution < 1.29 is 18.4 Å². The molecular weight excluding hydrogens is 423 g/mol. The Balaban J connectivity index is 2.42. The van der Waals surface area contributed by atoms with Gasteiger partial charge in [-0.1, -0.05) is 23.2 Å². The maximum Gasteiger partial charge on any atom is 0.340 e. The van der Waals surface area contributed by atoms with Crippen molar-refractivity contribution in [1.29, 1.82) is 0 Å². The molecule has 0 saturated carbocycles. The Morgan fingerprint density at radius 1 is 1.03 bits per heavy atom. The van der Waals surface area contributed by atoms with Gasteiger partial charge in [-0.3, -0.25) is 4.79 Å². The summed E-state index contributed by atoms with van der Waals surface area (Å²) in [4.78, 5) is 26.1. The van der Waals surface area contributed by atoms with Crippen LogP contribution in [0.1, 0.15) is 38.1 Å². The van der Waals surface area contributed by atoms with Gasteiger partial charge < -0.3 is 5.32 Å². The van der Waals surface area contributed by atoms with E-state index in [4.69, 9.17) is 23.2 Å². The van der Waals surface area contributed by atoms with Gasteiger partial charge in [-0.15, -0.1) is 0 Å². The summed E-state index contributed by atoms with van der Waals surface area (Å²) in [7, 11) is 0. The molecule has 2 rings (SSSR count). The van der Waals surface area contributed by atoms with Crippen molar-refractivity contribution in [2.24, 2.45) is 0 Å². The molecule has 0 aromatic heterocycles. The summed E-state index contributed by atoms with van der Waals surface area (Å²) >= 11 is 12.0. The van der Waals surface area contributed by atoms with Crippen molar-refractivity contribution in [1.82, 2.24) is 10.0 Å². The number of nitrogens with zero attached hydrogens (tertiary/aromatic N) is 2. The number of hydrogen-bond donors (Lipinski definition) is 1. The summed E-state index contributed by atoms with van der Waals surface area (Å²) in [6.07, 6.45) is 0. The lowest BCUT2D eigenvalue weighted by molar-refractivity contribution is -0.0269. The van der Waals surface area contributed by atoms with Gasteiger partial charge in [0, 0.05) is 28.2 Å². The van der Waals surface area contributed by atoms with Crippen LogP contribution in [-0.4, -0.2) is 34.0 Å². The Morgan fingerprint density at radius 2 is 1.62 bits per heavy atom. The lowest BCUT2D eigenvalue weighted by Gasteiger charge is -2.43. The first-order valence-corrected chi connectivity index (χ1v) is 9.53. The SMILES string of the molecule is CCN(C(=O)Nc1cc(F)ccc1F)N(C(=O)c1cc(Cl)cc(Cl)c1)C(C)(C)C. The molecule has 29 heavy (non-hydrogen) atoms. The standard InChI is InChI=1S/C20H21Cl2F2N3O2/c1-5-26(19(29)25-17-11-15(23)6-7-16(17)24)27(20(2,3)4)18(28)12-8-13(21)10-14(22)9-12/h6-11H,5H2,1-4H3,(H,25,29). The molecule has 0 unspecified atom stereocenters. The number of rotatable bonds is 3. The van der Waals surface area contributed by atoms with E-state index in [0.29, 0.717) is 0 Å². The summed E-state index contributed by atoms with van der Waals surface area (Å²) in [5.74, 6) is -2.04. The topological polar surface area (TPSA) is 52.7 Å². The van der Waals surface area contributed by atoms with Gasteiger partial charge >= 0.3 is 6.03 Å². The minimum atomic E-state index is -0.834. The highest BCUT2D eigenvalue weighted by Crippen LogP contribution is 2.25. The summed E-state index contributed by atoms with van der Waals surface area (Å²) in [5, 5.41) is 5.18. The molecule has 3 amide bonds. The highest BCUT2D eigenvalue weighted by molar-refractivity contribution is 6.35. The van der Waals surface area contributed by atoms with Gasteiger partial charge in [0.05, 0.1) is 11.2 Å². The zero-order valence-electron chi connectivity index (χ0n) is 16.4. The number of urea groups is 1.